The van der Waals surface area contributed by atoms with E-state index in [-0.39, 0.29) is 0 Å². The summed E-state index contributed by atoms with van der Waals surface area (Å²) in [4.78, 5) is 0. The van der Waals surface area contributed by atoms with E-state index < -0.39 is 12.4 Å². The van der Waals surface area contributed by atoms with Gasteiger partial charge in [-0.15, -0.1) is 0 Å². The minimum atomic E-state index is -3.06. The summed E-state index contributed by atoms with van der Waals surface area (Å²) in [6.07, 6.45) is -2.38. The van der Waals surface area contributed by atoms with Gasteiger partial charge in [-0.2, -0.15) is 8.78 Å². The maximum absolute atomic E-state index is 12.1. The Morgan fingerprint density at radius 1 is 1.60 bits per heavy atom. The summed E-state index contributed by atoms with van der Waals surface area (Å²) in [5.74, 6) is 0. The molecule has 0 N–H and O–H groups in total. The van der Waals surface area contributed by atoms with Crippen molar-refractivity contribution in [2.75, 3.05) is 6.61 Å². The van der Waals surface area contributed by atoms with Crippen molar-refractivity contribution in [2.45, 2.75) is 32.2 Å². The minimum Gasteiger partial charge on any atom is -0.352 e. The van der Waals surface area contributed by atoms with Crippen LogP contribution in [0.5, 0.6) is 0 Å². The summed E-state index contributed by atoms with van der Waals surface area (Å²) in [7, 11) is 0. The van der Waals surface area contributed by atoms with E-state index >= 15 is 0 Å². The van der Waals surface area contributed by atoms with Crippen molar-refractivity contribution in [3.05, 3.63) is 0 Å². The molecule has 1 atom stereocenters. The third-order valence-electron chi connectivity index (χ3n) is 1.23. The number of alkyl halides is 2. The lowest BCUT2D eigenvalue weighted by atomic mass is 10.4. The Kier molecular flexibility index (Phi) is 2.21. The van der Waals surface area contributed by atoms with Crippen LogP contribution in [0.1, 0.15) is 19.8 Å². The van der Waals surface area contributed by atoms with Crippen LogP contribution >= 0.6 is 0 Å². The first-order valence-electron chi connectivity index (χ1n) is 3.25. The van der Waals surface area contributed by atoms with Crippen LogP contribution in [0.15, 0.2) is 0 Å². The van der Waals surface area contributed by atoms with Crippen LogP contribution in [0.3, 0.4) is 0 Å². The van der Waals surface area contributed by atoms with Crippen molar-refractivity contribution in [3.63, 3.8) is 0 Å². The van der Waals surface area contributed by atoms with Crippen LogP contribution in [-0.2, 0) is 9.47 Å². The molecule has 1 fully saturated rings. The summed E-state index contributed by atoms with van der Waals surface area (Å²) in [6.45, 7) is 1.25. The van der Waals surface area contributed by atoms with E-state index in [1.165, 1.54) is 0 Å². The lowest BCUT2D eigenvalue weighted by Crippen LogP contribution is -2.23. The number of halogens is 2. The molecule has 1 aliphatic heterocycles. The third kappa shape index (κ3) is 2.58. The van der Waals surface area contributed by atoms with Crippen LogP contribution in [0, 0.1) is 0 Å². The molecule has 60 valence electrons. The zero-order valence-corrected chi connectivity index (χ0v) is 5.77. The molecule has 0 aromatic carbocycles. The fraction of sp³-hybridized carbons (Fsp3) is 1.00. The highest BCUT2D eigenvalue weighted by Gasteiger charge is 2.29. The molecule has 1 aliphatic rings. The van der Waals surface area contributed by atoms with E-state index in [1.807, 2.05) is 0 Å². The molecule has 1 rings (SSSR count). The SMILES string of the molecule is CC(F)(F)OC1CCCO1. The molecule has 10 heavy (non-hydrogen) atoms. The molecule has 0 amide bonds. The molecule has 0 saturated carbocycles. The van der Waals surface area contributed by atoms with Crippen molar-refractivity contribution in [2.24, 2.45) is 0 Å². The first-order chi connectivity index (χ1) is 4.58. The van der Waals surface area contributed by atoms with Gasteiger partial charge in [-0.05, 0) is 6.42 Å². The van der Waals surface area contributed by atoms with Gasteiger partial charge in [0.25, 0.3) is 0 Å². The molecule has 0 spiro atoms. The maximum Gasteiger partial charge on any atom is 0.355 e. The van der Waals surface area contributed by atoms with Crippen LogP contribution in [0.2, 0.25) is 0 Å². The zero-order chi connectivity index (χ0) is 7.61. The van der Waals surface area contributed by atoms with Crippen LogP contribution in [0.4, 0.5) is 8.78 Å². The lowest BCUT2D eigenvalue weighted by molar-refractivity contribution is -0.295. The summed E-state index contributed by atoms with van der Waals surface area (Å²) in [5.41, 5.74) is 0. The molecule has 0 aromatic rings. The van der Waals surface area contributed by atoms with Gasteiger partial charge < -0.3 is 4.74 Å². The van der Waals surface area contributed by atoms with E-state index in [4.69, 9.17) is 4.74 Å². The Labute approximate surface area is 58.1 Å². The van der Waals surface area contributed by atoms with Crippen molar-refractivity contribution in [1.82, 2.24) is 0 Å². The van der Waals surface area contributed by atoms with Crippen molar-refractivity contribution in [3.8, 4) is 0 Å². The highest BCUT2D eigenvalue weighted by molar-refractivity contribution is 4.55. The standard InChI is InChI=1S/C6H10F2O2/c1-6(7,8)10-5-3-2-4-9-5/h5H,2-4H2,1H3. The topological polar surface area (TPSA) is 18.5 Å². The molecular weight excluding hydrogens is 142 g/mol. The number of hydrogen-bond acceptors (Lipinski definition) is 2. The molecule has 1 saturated heterocycles. The van der Waals surface area contributed by atoms with Gasteiger partial charge in [-0.25, -0.2) is 0 Å². The summed E-state index contributed by atoms with van der Waals surface area (Å²) < 4.78 is 33.2. The van der Waals surface area contributed by atoms with Crippen LogP contribution in [-0.4, -0.2) is 19.0 Å². The second kappa shape index (κ2) is 2.80. The minimum absolute atomic E-state index is 0.529. The molecule has 0 radical (unpaired) electrons. The summed E-state index contributed by atoms with van der Waals surface area (Å²) >= 11 is 0. The van der Waals surface area contributed by atoms with E-state index in [9.17, 15) is 8.78 Å². The van der Waals surface area contributed by atoms with E-state index in [0.29, 0.717) is 20.0 Å². The predicted octanol–water partition coefficient (Wildman–Crippen LogP) is 1.75. The highest BCUT2D eigenvalue weighted by atomic mass is 19.3. The first-order valence-corrected chi connectivity index (χ1v) is 3.25. The quantitative estimate of drug-likeness (QED) is 0.600. The van der Waals surface area contributed by atoms with Gasteiger partial charge in [0.15, 0.2) is 6.29 Å². The molecule has 1 unspecified atom stereocenters. The van der Waals surface area contributed by atoms with Gasteiger partial charge in [-0.1, -0.05) is 0 Å². The Morgan fingerprint density at radius 3 is 2.70 bits per heavy atom. The Hall–Kier alpha value is -0.220. The Balaban J connectivity index is 2.24. The van der Waals surface area contributed by atoms with Gasteiger partial charge in [0.1, 0.15) is 0 Å². The van der Waals surface area contributed by atoms with E-state index in [2.05, 4.69) is 4.74 Å². The molecule has 4 heteroatoms. The normalized spacial score (nSPS) is 27.3. The number of ether oxygens (including phenoxy) is 2. The van der Waals surface area contributed by atoms with Crippen LogP contribution < -0.4 is 0 Å². The lowest BCUT2D eigenvalue weighted by Gasteiger charge is -2.16. The molecule has 0 bridgehead atoms. The molecule has 0 aromatic heterocycles. The smallest absolute Gasteiger partial charge is 0.352 e. The fourth-order valence-corrected chi connectivity index (χ4v) is 0.872. The largest absolute Gasteiger partial charge is 0.355 e. The number of hydrogen-bond donors (Lipinski definition) is 0. The molecule has 0 aliphatic carbocycles. The zero-order valence-electron chi connectivity index (χ0n) is 5.77. The highest BCUT2D eigenvalue weighted by Crippen LogP contribution is 2.22. The van der Waals surface area contributed by atoms with Gasteiger partial charge in [0, 0.05) is 20.0 Å². The molecule has 2 nitrogen and oxygen atoms in total. The Bertz CT molecular complexity index is 105. The van der Waals surface area contributed by atoms with Crippen molar-refractivity contribution >= 4 is 0 Å². The summed E-state index contributed by atoms with van der Waals surface area (Å²) in [6, 6.07) is 0. The van der Waals surface area contributed by atoms with Crippen LogP contribution in [0.25, 0.3) is 0 Å². The van der Waals surface area contributed by atoms with Crippen molar-refractivity contribution < 1.29 is 18.3 Å². The van der Waals surface area contributed by atoms with Gasteiger partial charge in [0.2, 0.25) is 0 Å². The summed E-state index contributed by atoms with van der Waals surface area (Å²) in [5, 5.41) is 0. The van der Waals surface area contributed by atoms with E-state index in [0.717, 1.165) is 6.42 Å². The number of rotatable bonds is 2. The van der Waals surface area contributed by atoms with E-state index in [1.54, 1.807) is 0 Å². The fourth-order valence-electron chi connectivity index (χ4n) is 0.872. The second-order valence-corrected chi connectivity index (χ2v) is 2.37. The van der Waals surface area contributed by atoms with Gasteiger partial charge in [-0.3, -0.25) is 4.74 Å². The predicted molar refractivity (Wildman–Crippen MR) is 30.7 cm³/mol. The average Bonchev–Trinajstić information content (AvgIpc) is 2.12. The van der Waals surface area contributed by atoms with Gasteiger partial charge in [0.05, 0.1) is 0 Å². The second-order valence-electron chi connectivity index (χ2n) is 2.37. The Morgan fingerprint density at radius 2 is 2.30 bits per heavy atom. The van der Waals surface area contributed by atoms with Gasteiger partial charge >= 0.3 is 6.11 Å². The first kappa shape index (κ1) is 7.88. The molecular formula is C6H10F2O2. The molecule has 1 heterocycles. The average molecular weight is 152 g/mol. The monoisotopic (exact) mass is 152 g/mol. The maximum atomic E-state index is 12.1. The third-order valence-corrected chi connectivity index (χ3v) is 1.23. The van der Waals surface area contributed by atoms with Crippen molar-refractivity contribution in [1.29, 1.82) is 0 Å².